The number of hydrogen-bond donors (Lipinski definition) is 0. The Labute approximate surface area is 110 Å². The molecule has 0 bridgehead atoms. The molecular weight excluding hydrogens is 244 g/mol. The van der Waals surface area contributed by atoms with Gasteiger partial charge in [0.25, 0.3) is 0 Å². The van der Waals surface area contributed by atoms with Crippen LogP contribution in [0.4, 0.5) is 5.82 Å². The molecule has 0 amide bonds. The lowest BCUT2D eigenvalue weighted by Gasteiger charge is -2.18. The van der Waals surface area contributed by atoms with Gasteiger partial charge in [-0.2, -0.15) is 0 Å². The highest BCUT2D eigenvalue weighted by atomic mass is 32.2. The van der Waals surface area contributed by atoms with E-state index in [-0.39, 0.29) is 0 Å². The van der Waals surface area contributed by atoms with E-state index in [1.807, 2.05) is 49.5 Å². The fraction of sp³-hybridized carbons (Fsp3) is 0.214. The van der Waals surface area contributed by atoms with Gasteiger partial charge in [0.05, 0.1) is 0 Å². The summed E-state index contributed by atoms with van der Waals surface area (Å²) in [7, 11) is 1.10. The summed E-state index contributed by atoms with van der Waals surface area (Å²) in [5.41, 5.74) is 1.18. The third-order valence-electron chi connectivity index (χ3n) is 2.72. The highest BCUT2D eigenvalue weighted by molar-refractivity contribution is 7.84. The summed E-state index contributed by atoms with van der Waals surface area (Å²) in [5.74, 6) is 0.945. The van der Waals surface area contributed by atoms with Crippen molar-refractivity contribution >= 4 is 16.6 Å². The zero-order chi connectivity index (χ0) is 13.0. The first-order valence-electron chi connectivity index (χ1n) is 5.71. The lowest BCUT2D eigenvalue weighted by atomic mass is 10.2. The third kappa shape index (κ3) is 3.17. The average Bonchev–Trinajstić information content (AvgIpc) is 2.40. The van der Waals surface area contributed by atoms with E-state index in [9.17, 15) is 4.21 Å². The van der Waals surface area contributed by atoms with Gasteiger partial charge in [-0.15, -0.1) is 0 Å². The number of anilines is 1. The van der Waals surface area contributed by atoms with E-state index in [1.54, 1.807) is 12.5 Å². The number of hydrogen-bond acceptors (Lipinski definition) is 3. The highest BCUT2D eigenvalue weighted by Gasteiger charge is 2.03. The van der Waals surface area contributed by atoms with Gasteiger partial charge in [0.1, 0.15) is 5.82 Å². The lowest BCUT2D eigenvalue weighted by Crippen LogP contribution is -2.17. The van der Waals surface area contributed by atoms with Crippen molar-refractivity contribution in [3.8, 4) is 0 Å². The minimum absolute atomic E-state index is 0.785. The largest absolute Gasteiger partial charge is 0.355 e. The predicted molar refractivity (Wildman–Crippen MR) is 75.1 cm³/mol. The molecule has 0 aliphatic carbocycles. The second-order valence-electron chi connectivity index (χ2n) is 4.14. The summed E-state index contributed by atoms with van der Waals surface area (Å²) in [6.45, 7) is 0.785. The van der Waals surface area contributed by atoms with Gasteiger partial charge >= 0.3 is 0 Å². The van der Waals surface area contributed by atoms with Gasteiger partial charge in [-0.3, -0.25) is 4.21 Å². The Kier molecular flexibility index (Phi) is 4.10. The maximum atomic E-state index is 11.3. The number of rotatable bonds is 4. The van der Waals surface area contributed by atoms with E-state index in [0.717, 1.165) is 17.3 Å². The molecule has 1 aromatic carbocycles. The fourth-order valence-electron chi connectivity index (χ4n) is 1.72. The molecule has 0 saturated carbocycles. The maximum absolute atomic E-state index is 11.3. The molecule has 2 rings (SSSR count). The predicted octanol–water partition coefficient (Wildman–Crippen LogP) is 2.46. The van der Waals surface area contributed by atoms with Crippen LogP contribution in [0.2, 0.25) is 0 Å². The summed E-state index contributed by atoms with van der Waals surface area (Å²) in [4.78, 5) is 7.24. The molecule has 4 heteroatoms. The Hall–Kier alpha value is -1.68. The SMILES string of the molecule is CN(Cc1ccc([S@@](C)=O)cc1)c1ccccn1. The molecule has 2 aromatic rings. The van der Waals surface area contributed by atoms with Crippen molar-refractivity contribution in [3.05, 3.63) is 54.2 Å². The Morgan fingerprint density at radius 2 is 1.89 bits per heavy atom. The van der Waals surface area contributed by atoms with Gasteiger partial charge < -0.3 is 4.90 Å². The van der Waals surface area contributed by atoms with Crippen LogP contribution in [0.1, 0.15) is 5.56 Å². The normalized spacial score (nSPS) is 12.1. The molecule has 0 fully saturated rings. The topological polar surface area (TPSA) is 33.2 Å². The van der Waals surface area contributed by atoms with Crippen LogP contribution in [0.25, 0.3) is 0 Å². The first-order chi connectivity index (χ1) is 8.66. The molecule has 18 heavy (non-hydrogen) atoms. The number of benzene rings is 1. The van der Waals surface area contributed by atoms with Gasteiger partial charge in [-0.1, -0.05) is 18.2 Å². The van der Waals surface area contributed by atoms with Crippen molar-refractivity contribution in [2.45, 2.75) is 11.4 Å². The minimum atomic E-state index is -0.912. The highest BCUT2D eigenvalue weighted by Crippen LogP contribution is 2.13. The molecule has 0 spiro atoms. The van der Waals surface area contributed by atoms with Gasteiger partial charge in [0.15, 0.2) is 0 Å². The zero-order valence-corrected chi connectivity index (χ0v) is 11.4. The fourth-order valence-corrected chi connectivity index (χ4v) is 2.24. The molecule has 0 aliphatic rings. The average molecular weight is 260 g/mol. The molecule has 0 unspecified atom stereocenters. The molecule has 0 aliphatic heterocycles. The summed E-state index contributed by atoms with van der Waals surface area (Å²) in [5, 5.41) is 0. The first kappa shape index (κ1) is 12.8. The lowest BCUT2D eigenvalue weighted by molar-refractivity contribution is 0.687. The van der Waals surface area contributed by atoms with Gasteiger partial charge in [0.2, 0.25) is 0 Å². The molecule has 3 nitrogen and oxygen atoms in total. The van der Waals surface area contributed by atoms with Crippen LogP contribution in [0.5, 0.6) is 0 Å². The second kappa shape index (κ2) is 5.78. The van der Waals surface area contributed by atoms with E-state index in [2.05, 4.69) is 9.88 Å². The van der Waals surface area contributed by atoms with Crippen LogP contribution in [0, 0.1) is 0 Å². The summed E-state index contributed by atoms with van der Waals surface area (Å²) in [6, 6.07) is 13.7. The van der Waals surface area contributed by atoms with Gasteiger partial charge in [0, 0.05) is 41.7 Å². The van der Waals surface area contributed by atoms with Crippen molar-refractivity contribution in [2.75, 3.05) is 18.2 Å². The Balaban J connectivity index is 2.08. The first-order valence-corrected chi connectivity index (χ1v) is 7.27. The van der Waals surface area contributed by atoms with Crippen LogP contribution in [0.15, 0.2) is 53.6 Å². The molecule has 1 aromatic heterocycles. The zero-order valence-electron chi connectivity index (χ0n) is 10.5. The van der Waals surface area contributed by atoms with Crippen molar-refractivity contribution in [2.24, 2.45) is 0 Å². The van der Waals surface area contributed by atoms with Crippen LogP contribution in [-0.4, -0.2) is 22.5 Å². The van der Waals surface area contributed by atoms with E-state index in [1.165, 1.54) is 5.56 Å². The second-order valence-corrected chi connectivity index (χ2v) is 5.52. The van der Waals surface area contributed by atoms with Gasteiger partial charge in [-0.25, -0.2) is 4.98 Å². The smallest absolute Gasteiger partial charge is 0.128 e. The van der Waals surface area contributed by atoms with Crippen LogP contribution in [0.3, 0.4) is 0 Å². The van der Waals surface area contributed by atoms with Crippen molar-refractivity contribution in [3.63, 3.8) is 0 Å². The van der Waals surface area contributed by atoms with Crippen LogP contribution in [-0.2, 0) is 17.3 Å². The van der Waals surface area contributed by atoms with Crippen LogP contribution >= 0.6 is 0 Å². The maximum Gasteiger partial charge on any atom is 0.128 e. The molecular formula is C14H16N2OS. The van der Waals surface area contributed by atoms with Crippen molar-refractivity contribution in [1.29, 1.82) is 0 Å². The van der Waals surface area contributed by atoms with Crippen molar-refractivity contribution < 1.29 is 4.21 Å². The minimum Gasteiger partial charge on any atom is -0.355 e. The van der Waals surface area contributed by atoms with Crippen LogP contribution < -0.4 is 4.90 Å². The number of nitrogens with zero attached hydrogens (tertiary/aromatic N) is 2. The van der Waals surface area contributed by atoms with E-state index in [0.29, 0.717) is 0 Å². The summed E-state index contributed by atoms with van der Waals surface area (Å²) >= 11 is 0. The monoisotopic (exact) mass is 260 g/mol. The van der Waals surface area contributed by atoms with E-state index in [4.69, 9.17) is 0 Å². The molecule has 1 atom stereocenters. The number of aromatic nitrogens is 1. The Bertz CT molecular complexity index is 525. The summed E-state index contributed by atoms with van der Waals surface area (Å²) in [6.07, 6.45) is 3.48. The quantitative estimate of drug-likeness (QED) is 0.846. The van der Waals surface area contributed by atoms with Crippen molar-refractivity contribution in [1.82, 2.24) is 4.98 Å². The van der Waals surface area contributed by atoms with E-state index < -0.39 is 10.8 Å². The standard InChI is InChI=1S/C14H16N2OS/c1-16(14-5-3-4-10-15-14)11-12-6-8-13(9-7-12)18(2)17/h3-10H,11H2,1-2H3/t18-/m1/s1. The Morgan fingerprint density at radius 3 is 2.44 bits per heavy atom. The molecule has 94 valence electrons. The third-order valence-corrected chi connectivity index (χ3v) is 3.65. The molecule has 0 radical (unpaired) electrons. The molecule has 0 saturated heterocycles. The molecule has 1 heterocycles. The number of pyridine rings is 1. The molecule has 0 N–H and O–H groups in total. The van der Waals surface area contributed by atoms with Gasteiger partial charge in [-0.05, 0) is 29.8 Å². The van der Waals surface area contributed by atoms with E-state index >= 15 is 0 Å². The summed E-state index contributed by atoms with van der Waals surface area (Å²) < 4.78 is 11.3. The Morgan fingerprint density at radius 1 is 1.17 bits per heavy atom.